The number of amides is 1. The van der Waals surface area contributed by atoms with Crippen molar-refractivity contribution in [3.63, 3.8) is 0 Å². The summed E-state index contributed by atoms with van der Waals surface area (Å²) in [6, 6.07) is 9.23. The van der Waals surface area contributed by atoms with Gasteiger partial charge in [-0.2, -0.15) is 0 Å². The number of pyridine rings is 2. The lowest BCUT2D eigenvalue weighted by Gasteiger charge is -2.07. The minimum atomic E-state index is -0.122. The molecular formula is C18H14Cl2N4O. The Balaban J connectivity index is 0.00000182. The first-order valence-corrected chi connectivity index (χ1v) is 7.82. The molecule has 0 saturated heterocycles. The summed E-state index contributed by atoms with van der Waals surface area (Å²) < 4.78 is 0. The molecule has 3 aromatic heterocycles. The van der Waals surface area contributed by atoms with Crippen LogP contribution in [0.5, 0.6) is 0 Å². The third kappa shape index (κ3) is 3.43. The molecule has 4 aromatic rings. The molecule has 7 heteroatoms. The summed E-state index contributed by atoms with van der Waals surface area (Å²) in [6.45, 7) is 0. The maximum Gasteiger partial charge on any atom is 0.228 e. The molecule has 0 aliphatic carbocycles. The van der Waals surface area contributed by atoms with Crippen LogP contribution >= 0.6 is 24.0 Å². The van der Waals surface area contributed by atoms with Crippen LogP contribution in [0.2, 0.25) is 5.02 Å². The topological polar surface area (TPSA) is 70.7 Å². The van der Waals surface area contributed by atoms with E-state index in [9.17, 15) is 4.79 Å². The fraction of sp³-hybridized carbons (Fsp3) is 0.0556. The van der Waals surface area contributed by atoms with Crippen LogP contribution in [0.25, 0.3) is 21.8 Å². The van der Waals surface area contributed by atoms with Crippen molar-refractivity contribution in [2.24, 2.45) is 0 Å². The van der Waals surface area contributed by atoms with E-state index in [0.29, 0.717) is 10.7 Å². The number of nitrogens with one attached hydrogen (secondary N) is 2. The van der Waals surface area contributed by atoms with E-state index in [1.54, 1.807) is 30.9 Å². The van der Waals surface area contributed by atoms with Crippen molar-refractivity contribution in [2.45, 2.75) is 6.42 Å². The van der Waals surface area contributed by atoms with Crippen LogP contribution in [-0.2, 0) is 11.2 Å². The van der Waals surface area contributed by atoms with Crippen molar-refractivity contribution in [3.05, 3.63) is 65.7 Å². The maximum absolute atomic E-state index is 12.3. The van der Waals surface area contributed by atoms with Crippen LogP contribution in [0.1, 0.15) is 5.56 Å². The molecule has 0 spiro atoms. The number of aromatic nitrogens is 3. The van der Waals surface area contributed by atoms with Gasteiger partial charge in [-0.3, -0.25) is 14.8 Å². The molecule has 0 aliphatic rings. The van der Waals surface area contributed by atoms with Gasteiger partial charge in [-0.05, 0) is 29.8 Å². The van der Waals surface area contributed by atoms with E-state index >= 15 is 0 Å². The summed E-state index contributed by atoms with van der Waals surface area (Å²) >= 11 is 6.23. The molecule has 2 N–H and O–H groups in total. The number of anilines is 1. The highest BCUT2D eigenvalue weighted by atomic mass is 35.5. The average molecular weight is 373 g/mol. The molecule has 126 valence electrons. The highest BCUT2D eigenvalue weighted by Crippen LogP contribution is 2.33. The van der Waals surface area contributed by atoms with Crippen molar-refractivity contribution in [3.8, 4) is 0 Å². The second-order valence-corrected chi connectivity index (χ2v) is 5.94. The number of halogens is 2. The predicted octanol–water partition coefficient (Wildman–Crippen LogP) is 4.37. The summed E-state index contributed by atoms with van der Waals surface area (Å²) in [5, 5.41) is 5.47. The second kappa shape index (κ2) is 7.09. The first-order chi connectivity index (χ1) is 11.7. The lowest BCUT2D eigenvalue weighted by molar-refractivity contribution is -0.115. The number of hydrogen-bond acceptors (Lipinski definition) is 3. The number of fused-ring (bicyclic) bond motifs is 3. The van der Waals surface area contributed by atoms with Gasteiger partial charge in [-0.25, -0.2) is 0 Å². The van der Waals surface area contributed by atoms with Gasteiger partial charge >= 0.3 is 0 Å². The van der Waals surface area contributed by atoms with Gasteiger partial charge in [0.2, 0.25) is 5.91 Å². The first-order valence-electron chi connectivity index (χ1n) is 7.44. The molecule has 4 rings (SSSR count). The molecule has 0 fully saturated rings. The molecule has 0 aliphatic heterocycles. The summed E-state index contributed by atoms with van der Waals surface area (Å²) in [4.78, 5) is 23.8. The minimum Gasteiger partial charge on any atom is -0.352 e. The Bertz CT molecular complexity index is 1050. The standard InChI is InChI=1S/C18H13ClN4O.ClH/c19-12-7-14-13-3-5-21-10-16(13)23-18(14)15(8-12)22-17(24)6-11-2-1-4-20-9-11;/h1-5,7-10,23H,6H2,(H,22,24);1H. The quantitative estimate of drug-likeness (QED) is 0.560. The molecule has 0 atom stereocenters. The monoisotopic (exact) mass is 372 g/mol. The maximum atomic E-state index is 12.3. The second-order valence-electron chi connectivity index (χ2n) is 5.51. The molecule has 0 bridgehead atoms. The van der Waals surface area contributed by atoms with E-state index in [1.165, 1.54) is 0 Å². The minimum absolute atomic E-state index is 0. The van der Waals surface area contributed by atoms with Gasteiger partial charge < -0.3 is 10.3 Å². The van der Waals surface area contributed by atoms with Crippen LogP contribution in [0.3, 0.4) is 0 Å². The van der Waals surface area contributed by atoms with Crippen molar-refractivity contribution in [2.75, 3.05) is 5.32 Å². The SMILES string of the molecule is Cl.O=C(Cc1cccnc1)Nc1cc(Cl)cc2c1[nH]c1cnccc12. The zero-order valence-corrected chi connectivity index (χ0v) is 14.6. The first kappa shape index (κ1) is 17.2. The Labute approximate surface area is 154 Å². The fourth-order valence-electron chi connectivity index (χ4n) is 2.80. The highest BCUT2D eigenvalue weighted by Gasteiger charge is 2.12. The third-order valence-corrected chi connectivity index (χ3v) is 4.05. The van der Waals surface area contributed by atoms with Crippen LogP contribution < -0.4 is 5.32 Å². The number of aromatic amines is 1. The van der Waals surface area contributed by atoms with Gasteiger partial charge in [0, 0.05) is 34.4 Å². The van der Waals surface area contributed by atoms with Crippen LogP contribution in [-0.4, -0.2) is 20.9 Å². The van der Waals surface area contributed by atoms with Crippen LogP contribution in [0.15, 0.2) is 55.1 Å². The van der Waals surface area contributed by atoms with Gasteiger partial charge in [-0.15, -0.1) is 12.4 Å². The van der Waals surface area contributed by atoms with Gasteiger partial charge in [0.15, 0.2) is 0 Å². The van der Waals surface area contributed by atoms with E-state index in [2.05, 4.69) is 20.3 Å². The number of benzene rings is 1. The number of nitrogens with zero attached hydrogens (tertiary/aromatic N) is 2. The van der Waals surface area contributed by atoms with Crippen LogP contribution in [0.4, 0.5) is 5.69 Å². The summed E-state index contributed by atoms with van der Waals surface area (Å²) in [6.07, 6.45) is 7.10. The smallest absolute Gasteiger partial charge is 0.228 e. The van der Waals surface area contributed by atoms with E-state index in [-0.39, 0.29) is 24.7 Å². The summed E-state index contributed by atoms with van der Waals surface area (Å²) in [5.41, 5.74) is 3.25. The van der Waals surface area contributed by atoms with Crippen molar-refractivity contribution in [1.82, 2.24) is 15.0 Å². The van der Waals surface area contributed by atoms with Gasteiger partial charge in [0.05, 0.1) is 29.3 Å². The van der Waals surface area contributed by atoms with Crippen molar-refractivity contribution in [1.29, 1.82) is 0 Å². The largest absolute Gasteiger partial charge is 0.352 e. The zero-order chi connectivity index (χ0) is 16.5. The Morgan fingerprint density at radius 1 is 1.12 bits per heavy atom. The number of rotatable bonds is 3. The molecule has 0 unspecified atom stereocenters. The molecule has 1 aromatic carbocycles. The molecule has 0 saturated carbocycles. The summed E-state index contributed by atoms with van der Waals surface area (Å²) in [5.74, 6) is -0.122. The summed E-state index contributed by atoms with van der Waals surface area (Å²) in [7, 11) is 0. The molecule has 5 nitrogen and oxygen atoms in total. The number of carbonyl (C=O) groups excluding carboxylic acids is 1. The molecular weight excluding hydrogens is 359 g/mol. The Morgan fingerprint density at radius 3 is 2.76 bits per heavy atom. The van der Waals surface area contributed by atoms with Gasteiger partial charge in [0.1, 0.15) is 0 Å². The lowest BCUT2D eigenvalue weighted by Crippen LogP contribution is -2.14. The van der Waals surface area contributed by atoms with Gasteiger partial charge in [0.25, 0.3) is 0 Å². The number of hydrogen-bond donors (Lipinski definition) is 2. The molecule has 1 amide bonds. The molecule has 25 heavy (non-hydrogen) atoms. The number of H-pyrrole nitrogens is 1. The fourth-order valence-corrected chi connectivity index (χ4v) is 3.02. The van der Waals surface area contributed by atoms with Gasteiger partial charge in [-0.1, -0.05) is 17.7 Å². The van der Waals surface area contributed by atoms with E-state index in [4.69, 9.17) is 11.6 Å². The van der Waals surface area contributed by atoms with Crippen molar-refractivity contribution >= 4 is 57.4 Å². The molecule has 3 heterocycles. The lowest BCUT2D eigenvalue weighted by atomic mass is 10.1. The normalized spacial score (nSPS) is 10.6. The van der Waals surface area contributed by atoms with E-state index in [0.717, 1.165) is 27.4 Å². The zero-order valence-electron chi connectivity index (χ0n) is 13.0. The average Bonchev–Trinajstić information content (AvgIpc) is 2.95. The Kier molecular flexibility index (Phi) is 4.88. The molecule has 0 radical (unpaired) electrons. The third-order valence-electron chi connectivity index (χ3n) is 3.84. The highest BCUT2D eigenvalue weighted by molar-refractivity contribution is 6.32. The van der Waals surface area contributed by atoms with Crippen molar-refractivity contribution < 1.29 is 4.79 Å². The van der Waals surface area contributed by atoms with Crippen LogP contribution in [0, 0.1) is 0 Å². The van der Waals surface area contributed by atoms with E-state index in [1.807, 2.05) is 24.3 Å². The number of carbonyl (C=O) groups is 1. The Hall–Kier alpha value is -2.63. The predicted molar refractivity (Wildman–Crippen MR) is 102 cm³/mol. The Morgan fingerprint density at radius 2 is 1.96 bits per heavy atom. The van der Waals surface area contributed by atoms with E-state index < -0.39 is 0 Å².